The SMILES string of the molecule is Cn1cc(CCNC(=O)[C@@H]2CCCCN2C(=O)OC(C)(C)C)cn1. The van der Waals surface area contributed by atoms with Crippen molar-refractivity contribution >= 4 is 12.0 Å². The van der Waals surface area contributed by atoms with E-state index in [0.717, 1.165) is 24.8 Å². The van der Waals surface area contributed by atoms with Crippen molar-refractivity contribution in [3.05, 3.63) is 18.0 Å². The minimum absolute atomic E-state index is 0.107. The van der Waals surface area contributed by atoms with Crippen molar-refractivity contribution < 1.29 is 14.3 Å². The van der Waals surface area contributed by atoms with Gasteiger partial charge in [-0.25, -0.2) is 4.79 Å². The quantitative estimate of drug-likeness (QED) is 0.910. The van der Waals surface area contributed by atoms with E-state index >= 15 is 0 Å². The fraction of sp³-hybridized carbons (Fsp3) is 0.706. The second kappa shape index (κ2) is 7.68. The summed E-state index contributed by atoms with van der Waals surface area (Å²) >= 11 is 0. The molecular formula is C17H28N4O3. The van der Waals surface area contributed by atoms with Gasteiger partial charge in [0.05, 0.1) is 6.20 Å². The number of rotatable bonds is 4. The number of carbonyl (C=O) groups excluding carboxylic acids is 2. The molecular weight excluding hydrogens is 308 g/mol. The van der Waals surface area contributed by atoms with Gasteiger partial charge >= 0.3 is 6.09 Å². The maximum Gasteiger partial charge on any atom is 0.410 e. The summed E-state index contributed by atoms with van der Waals surface area (Å²) in [7, 11) is 1.86. The standard InChI is InChI=1S/C17H28N4O3/c1-17(2,3)24-16(23)21-10-6-5-7-14(21)15(22)18-9-8-13-11-19-20(4)12-13/h11-12,14H,5-10H2,1-4H3,(H,18,22)/t14-/m0/s1. The number of amides is 2. The van der Waals surface area contributed by atoms with E-state index in [9.17, 15) is 9.59 Å². The van der Waals surface area contributed by atoms with Crippen molar-refractivity contribution in [2.24, 2.45) is 7.05 Å². The average Bonchev–Trinajstić information content (AvgIpc) is 2.91. The van der Waals surface area contributed by atoms with Crippen LogP contribution in [0, 0.1) is 0 Å². The Hall–Kier alpha value is -2.05. The predicted octanol–water partition coefficient (Wildman–Crippen LogP) is 1.87. The van der Waals surface area contributed by atoms with Crippen LogP contribution in [0.4, 0.5) is 4.79 Å². The Balaban J connectivity index is 1.88. The number of aromatic nitrogens is 2. The second-order valence-electron chi connectivity index (χ2n) is 7.25. The maximum absolute atomic E-state index is 12.5. The van der Waals surface area contributed by atoms with E-state index in [1.165, 1.54) is 0 Å². The number of nitrogens with one attached hydrogen (secondary N) is 1. The van der Waals surface area contributed by atoms with Gasteiger partial charge in [0.2, 0.25) is 5.91 Å². The van der Waals surface area contributed by atoms with E-state index in [-0.39, 0.29) is 5.91 Å². The molecule has 0 spiro atoms. The highest BCUT2D eigenvalue weighted by molar-refractivity contribution is 5.85. The summed E-state index contributed by atoms with van der Waals surface area (Å²) < 4.78 is 7.17. The van der Waals surface area contributed by atoms with Crippen LogP contribution in [0.2, 0.25) is 0 Å². The summed E-state index contributed by atoms with van der Waals surface area (Å²) in [6.45, 7) is 6.59. The third-order valence-electron chi connectivity index (χ3n) is 3.90. The van der Waals surface area contributed by atoms with Crippen molar-refractivity contribution in [1.29, 1.82) is 0 Å². The van der Waals surface area contributed by atoms with Gasteiger partial charge in [-0.1, -0.05) is 0 Å². The fourth-order valence-corrected chi connectivity index (χ4v) is 2.79. The predicted molar refractivity (Wildman–Crippen MR) is 90.5 cm³/mol. The van der Waals surface area contributed by atoms with E-state index in [4.69, 9.17) is 4.74 Å². The smallest absolute Gasteiger partial charge is 0.410 e. The molecule has 0 aliphatic carbocycles. The highest BCUT2D eigenvalue weighted by atomic mass is 16.6. The number of ether oxygens (including phenoxy) is 1. The maximum atomic E-state index is 12.5. The van der Waals surface area contributed by atoms with Gasteiger partial charge in [0.1, 0.15) is 11.6 Å². The van der Waals surface area contributed by atoms with Gasteiger partial charge in [-0.3, -0.25) is 14.4 Å². The average molecular weight is 336 g/mol. The number of nitrogens with zero attached hydrogens (tertiary/aromatic N) is 3. The number of hydrogen-bond donors (Lipinski definition) is 1. The first-order valence-electron chi connectivity index (χ1n) is 8.51. The zero-order valence-corrected chi connectivity index (χ0v) is 15.0. The topological polar surface area (TPSA) is 76.5 Å². The van der Waals surface area contributed by atoms with Crippen molar-refractivity contribution in [3.8, 4) is 0 Å². The Morgan fingerprint density at radius 1 is 1.38 bits per heavy atom. The Bertz CT molecular complexity index is 577. The molecule has 134 valence electrons. The lowest BCUT2D eigenvalue weighted by molar-refractivity contribution is -0.127. The van der Waals surface area contributed by atoms with Crippen LogP contribution < -0.4 is 5.32 Å². The third-order valence-corrected chi connectivity index (χ3v) is 3.90. The van der Waals surface area contributed by atoms with Crippen molar-refractivity contribution in [2.75, 3.05) is 13.1 Å². The van der Waals surface area contributed by atoms with Gasteiger partial charge in [-0.05, 0) is 52.0 Å². The first kappa shape index (κ1) is 18.3. The largest absolute Gasteiger partial charge is 0.444 e. The molecule has 1 aromatic rings. The van der Waals surface area contributed by atoms with Crippen LogP contribution in [0.1, 0.15) is 45.6 Å². The Morgan fingerprint density at radius 2 is 2.12 bits per heavy atom. The molecule has 2 amide bonds. The van der Waals surface area contributed by atoms with Crippen LogP contribution in [-0.2, 0) is 23.0 Å². The highest BCUT2D eigenvalue weighted by Crippen LogP contribution is 2.20. The molecule has 1 atom stereocenters. The van der Waals surface area contributed by atoms with Crippen LogP contribution in [0.25, 0.3) is 0 Å². The molecule has 0 unspecified atom stereocenters. The number of hydrogen-bond acceptors (Lipinski definition) is 4. The van der Waals surface area contributed by atoms with Crippen LogP contribution >= 0.6 is 0 Å². The first-order chi connectivity index (χ1) is 11.3. The Morgan fingerprint density at radius 3 is 2.75 bits per heavy atom. The Kier molecular flexibility index (Phi) is 5.85. The molecule has 1 N–H and O–H groups in total. The molecule has 0 radical (unpaired) electrons. The van der Waals surface area contributed by atoms with E-state index in [2.05, 4.69) is 10.4 Å². The van der Waals surface area contributed by atoms with Crippen LogP contribution in [0.5, 0.6) is 0 Å². The summed E-state index contributed by atoms with van der Waals surface area (Å²) in [4.78, 5) is 26.4. The van der Waals surface area contributed by atoms with Crippen LogP contribution in [-0.4, -0.2) is 51.4 Å². The van der Waals surface area contributed by atoms with Crippen molar-refractivity contribution in [1.82, 2.24) is 20.0 Å². The summed E-state index contributed by atoms with van der Waals surface area (Å²) in [6, 6.07) is -0.442. The van der Waals surface area contributed by atoms with E-state index in [1.54, 1.807) is 15.8 Å². The normalized spacial score (nSPS) is 18.3. The summed E-state index contributed by atoms with van der Waals surface area (Å²) in [6.07, 6.45) is 6.56. The summed E-state index contributed by atoms with van der Waals surface area (Å²) in [5, 5.41) is 7.04. The molecule has 1 aliphatic heterocycles. The fourth-order valence-electron chi connectivity index (χ4n) is 2.79. The molecule has 1 fully saturated rings. The monoisotopic (exact) mass is 336 g/mol. The van der Waals surface area contributed by atoms with Gasteiger partial charge in [0, 0.05) is 26.3 Å². The highest BCUT2D eigenvalue weighted by Gasteiger charge is 2.34. The molecule has 7 heteroatoms. The third kappa shape index (κ3) is 5.25. The molecule has 24 heavy (non-hydrogen) atoms. The summed E-state index contributed by atoms with van der Waals surface area (Å²) in [5.41, 5.74) is 0.515. The molecule has 2 heterocycles. The van der Waals surface area contributed by atoms with Gasteiger partial charge in [0.15, 0.2) is 0 Å². The van der Waals surface area contributed by atoms with Gasteiger partial charge in [0.25, 0.3) is 0 Å². The molecule has 7 nitrogen and oxygen atoms in total. The molecule has 0 bridgehead atoms. The molecule has 1 saturated heterocycles. The van der Waals surface area contributed by atoms with E-state index in [0.29, 0.717) is 19.5 Å². The van der Waals surface area contributed by atoms with Crippen molar-refractivity contribution in [2.45, 2.75) is 58.1 Å². The molecule has 0 aromatic carbocycles. The number of carbonyl (C=O) groups is 2. The molecule has 0 saturated carbocycles. The van der Waals surface area contributed by atoms with Crippen molar-refractivity contribution in [3.63, 3.8) is 0 Å². The number of likely N-dealkylation sites (tertiary alicyclic amines) is 1. The lowest BCUT2D eigenvalue weighted by Crippen LogP contribution is -2.53. The minimum atomic E-state index is -0.560. The minimum Gasteiger partial charge on any atom is -0.444 e. The zero-order chi connectivity index (χ0) is 17.7. The van der Waals surface area contributed by atoms with Gasteiger partial charge in [-0.15, -0.1) is 0 Å². The van der Waals surface area contributed by atoms with Gasteiger partial charge in [-0.2, -0.15) is 5.10 Å². The molecule has 1 aliphatic rings. The lowest BCUT2D eigenvalue weighted by Gasteiger charge is -2.35. The van der Waals surface area contributed by atoms with E-state index in [1.807, 2.05) is 34.0 Å². The number of aryl methyl sites for hydroxylation is 1. The zero-order valence-electron chi connectivity index (χ0n) is 15.0. The lowest BCUT2D eigenvalue weighted by atomic mass is 10.0. The Labute approximate surface area is 143 Å². The number of piperidine rings is 1. The first-order valence-corrected chi connectivity index (χ1v) is 8.51. The van der Waals surface area contributed by atoms with Gasteiger partial charge < -0.3 is 10.1 Å². The second-order valence-corrected chi connectivity index (χ2v) is 7.25. The molecule has 1 aromatic heterocycles. The van der Waals surface area contributed by atoms with Crippen LogP contribution in [0.3, 0.4) is 0 Å². The summed E-state index contributed by atoms with van der Waals surface area (Å²) in [5.74, 6) is -0.107. The molecule has 2 rings (SSSR count). The van der Waals surface area contributed by atoms with Crippen LogP contribution in [0.15, 0.2) is 12.4 Å². The van der Waals surface area contributed by atoms with E-state index < -0.39 is 17.7 Å².